The van der Waals surface area contributed by atoms with E-state index in [4.69, 9.17) is 9.15 Å². The summed E-state index contributed by atoms with van der Waals surface area (Å²) in [5.74, 6) is -2.47. The lowest BCUT2D eigenvalue weighted by Gasteiger charge is -2.12. The maximum absolute atomic E-state index is 12.6. The van der Waals surface area contributed by atoms with Crippen LogP contribution in [0.4, 0.5) is 0 Å². The minimum absolute atomic E-state index is 0.0237. The molecule has 0 spiro atoms. The molecular weight excluding hydrogens is 322 g/mol. The first kappa shape index (κ1) is 18.1. The first-order valence-corrected chi connectivity index (χ1v) is 7.76. The molecule has 0 aliphatic heterocycles. The third-order valence-corrected chi connectivity index (χ3v) is 3.55. The summed E-state index contributed by atoms with van der Waals surface area (Å²) in [5.41, 5.74) is -0.409. The number of carbonyl (C=O) groups excluding carboxylic acids is 2. The van der Waals surface area contributed by atoms with Crippen LogP contribution in [0, 0.1) is 18.3 Å². The van der Waals surface area contributed by atoms with Crippen molar-refractivity contribution in [3.8, 4) is 6.07 Å². The van der Waals surface area contributed by atoms with Gasteiger partial charge in [-0.05, 0) is 25.5 Å². The monoisotopic (exact) mass is 339 g/mol. The number of nitrogens with zero attached hydrogens (tertiary/aromatic N) is 1. The molecule has 6 heteroatoms. The highest BCUT2D eigenvalue weighted by Gasteiger charge is 2.30. The number of aryl methyl sites for hydroxylation is 1. The third kappa shape index (κ3) is 4.21. The van der Waals surface area contributed by atoms with Gasteiger partial charge in [0.25, 0.3) is 0 Å². The zero-order valence-electron chi connectivity index (χ0n) is 13.9. The van der Waals surface area contributed by atoms with Gasteiger partial charge in [-0.3, -0.25) is 9.59 Å². The van der Waals surface area contributed by atoms with Gasteiger partial charge in [0.2, 0.25) is 0 Å². The molecular formula is C19H17NO5. The van der Waals surface area contributed by atoms with E-state index in [2.05, 4.69) is 0 Å². The lowest BCUT2D eigenvalue weighted by atomic mass is 9.92. The zero-order valence-corrected chi connectivity index (χ0v) is 13.9. The van der Waals surface area contributed by atoms with Crippen LogP contribution in [0.1, 0.15) is 40.1 Å². The molecule has 25 heavy (non-hydrogen) atoms. The molecule has 1 atom stereocenters. The van der Waals surface area contributed by atoms with Crippen molar-refractivity contribution in [3.63, 3.8) is 0 Å². The predicted octanol–water partition coefficient (Wildman–Crippen LogP) is 2.54. The van der Waals surface area contributed by atoms with Crippen LogP contribution in [0.2, 0.25) is 0 Å². The third-order valence-electron chi connectivity index (χ3n) is 3.55. The topological polar surface area (TPSA) is 97.4 Å². The van der Waals surface area contributed by atoms with Gasteiger partial charge in [0.15, 0.2) is 11.7 Å². The van der Waals surface area contributed by atoms with Crippen LogP contribution in [0.25, 0.3) is 0 Å². The number of ketones is 1. The first-order chi connectivity index (χ1) is 12.0. The second-order valence-electron chi connectivity index (χ2n) is 5.37. The van der Waals surface area contributed by atoms with Gasteiger partial charge in [-0.1, -0.05) is 30.3 Å². The van der Waals surface area contributed by atoms with Crippen molar-refractivity contribution in [1.82, 2.24) is 0 Å². The Hall–Kier alpha value is -3.20. The lowest BCUT2D eigenvalue weighted by molar-refractivity contribution is -0.143. The van der Waals surface area contributed by atoms with Gasteiger partial charge < -0.3 is 9.15 Å². The number of nitriles is 1. The Morgan fingerprint density at radius 1 is 1.28 bits per heavy atom. The van der Waals surface area contributed by atoms with E-state index in [0.717, 1.165) is 0 Å². The van der Waals surface area contributed by atoms with E-state index in [1.165, 1.54) is 13.0 Å². The summed E-state index contributed by atoms with van der Waals surface area (Å²) < 4.78 is 9.88. The second kappa shape index (κ2) is 8.06. The van der Waals surface area contributed by atoms with Gasteiger partial charge in [-0.15, -0.1) is 0 Å². The summed E-state index contributed by atoms with van der Waals surface area (Å²) in [7, 11) is 0. The molecule has 1 aromatic carbocycles. The van der Waals surface area contributed by atoms with Crippen LogP contribution < -0.4 is 5.63 Å². The standard InChI is InChI=1S/C19H17NO5/c1-3-24-18(22)15(11-20)14-9-12(2)25-19(23)17(14)16(21)10-13-7-5-4-6-8-13/h4-9,15H,3,10H2,1-2H3. The summed E-state index contributed by atoms with van der Waals surface area (Å²) >= 11 is 0. The molecule has 0 aliphatic rings. The zero-order chi connectivity index (χ0) is 18.4. The normalized spacial score (nSPS) is 11.4. The average molecular weight is 339 g/mol. The molecule has 2 aromatic rings. The van der Waals surface area contributed by atoms with Gasteiger partial charge >= 0.3 is 11.6 Å². The van der Waals surface area contributed by atoms with Gasteiger partial charge in [-0.2, -0.15) is 5.26 Å². The number of Topliss-reactive ketones (excluding diaryl/α,β-unsaturated/α-hetero) is 1. The Kier molecular flexibility index (Phi) is 5.85. The Morgan fingerprint density at radius 3 is 2.56 bits per heavy atom. The number of rotatable bonds is 6. The predicted molar refractivity (Wildman–Crippen MR) is 89.2 cm³/mol. The first-order valence-electron chi connectivity index (χ1n) is 7.76. The molecule has 2 rings (SSSR count). The molecule has 0 bridgehead atoms. The summed E-state index contributed by atoms with van der Waals surface area (Å²) in [5, 5.41) is 9.36. The highest BCUT2D eigenvalue weighted by atomic mass is 16.5. The minimum atomic E-state index is -1.36. The van der Waals surface area contributed by atoms with E-state index in [9.17, 15) is 19.6 Å². The van der Waals surface area contributed by atoms with Crippen LogP contribution in [0.15, 0.2) is 45.6 Å². The van der Waals surface area contributed by atoms with Gasteiger partial charge in [0.05, 0.1) is 12.7 Å². The SMILES string of the molecule is CCOC(=O)C(C#N)c1cc(C)oc(=O)c1C(=O)Cc1ccccc1. The van der Waals surface area contributed by atoms with Crippen molar-refractivity contribution in [2.45, 2.75) is 26.2 Å². The molecule has 128 valence electrons. The Bertz CT molecular complexity index is 877. The molecule has 1 unspecified atom stereocenters. The molecule has 0 aliphatic carbocycles. The van der Waals surface area contributed by atoms with Crippen molar-refractivity contribution in [1.29, 1.82) is 5.26 Å². The maximum atomic E-state index is 12.6. The molecule has 1 heterocycles. The van der Waals surface area contributed by atoms with Crippen molar-refractivity contribution < 1.29 is 18.7 Å². The van der Waals surface area contributed by atoms with Crippen LogP contribution in [-0.4, -0.2) is 18.4 Å². The van der Waals surface area contributed by atoms with Crippen LogP contribution in [0.5, 0.6) is 0 Å². The highest BCUT2D eigenvalue weighted by molar-refractivity contribution is 6.00. The number of hydrogen-bond acceptors (Lipinski definition) is 6. The molecule has 6 nitrogen and oxygen atoms in total. The van der Waals surface area contributed by atoms with Crippen molar-refractivity contribution in [2.75, 3.05) is 6.61 Å². The Morgan fingerprint density at radius 2 is 1.96 bits per heavy atom. The number of ether oxygens (including phenoxy) is 1. The summed E-state index contributed by atoms with van der Waals surface area (Å²) in [6.07, 6.45) is -0.0391. The molecule has 0 fully saturated rings. The van der Waals surface area contributed by atoms with Crippen molar-refractivity contribution in [3.05, 3.63) is 69.3 Å². The van der Waals surface area contributed by atoms with E-state index in [1.807, 2.05) is 12.1 Å². The lowest BCUT2D eigenvalue weighted by Crippen LogP contribution is -2.24. The van der Waals surface area contributed by atoms with Gasteiger partial charge in [0, 0.05) is 12.0 Å². The number of carbonyl (C=O) groups is 2. The molecule has 0 N–H and O–H groups in total. The molecule has 0 amide bonds. The van der Waals surface area contributed by atoms with E-state index >= 15 is 0 Å². The largest absolute Gasteiger partial charge is 0.465 e. The van der Waals surface area contributed by atoms with Crippen molar-refractivity contribution in [2.24, 2.45) is 0 Å². The fourth-order valence-corrected chi connectivity index (χ4v) is 2.48. The second-order valence-corrected chi connectivity index (χ2v) is 5.37. The summed E-state index contributed by atoms with van der Waals surface area (Å²) in [6, 6.07) is 12.0. The van der Waals surface area contributed by atoms with Crippen LogP contribution in [0.3, 0.4) is 0 Å². The number of benzene rings is 1. The van der Waals surface area contributed by atoms with Crippen LogP contribution in [-0.2, 0) is 16.0 Å². The van der Waals surface area contributed by atoms with Gasteiger partial charge in [0.1, 0.15) is 11.3 Å². The smallest absolute Gasteiger partial charge is 0.347 e. The molecule has 0 radical (unpaired) electrons. The van der Waals surface area contributed by atoms with Crippen molar-refractivity contribution >= 4 is 11.8 Å². The fraction of sp³-hybridized carbons (Fsp3) is 0.263. The molecule has 0 saturated heterocycles. The van der Waals surface area contributed by atoms with E-state index in [0.29, 0.717) is 5.56 Å². The van der Waals surface area contributed by atoms with Crippen LogP contribution >= 0.6 is 0 Å². The fourth-order valence-electron chi connectivity index (χ4n) is 2.48. The van der Waals surface area contributed by atoms with E-state index in [1.54, 1.807) is 31.2 Å². The maximum Gasteiger partial charge on any atom is 0.347 e. The number of esters is 1. The molecule has 1 aromatic heterocycles. The molecule has 0 saturated carbocycles. The summed E-state index contributed by atoms with van der Waals surface area (Å²) in [4.78, 5) is 36.9. The average Bonchev–Trinajstić information content (AvgIpc) is 2.56. The summed E-state index contributed by atoms with van der Waals surface area (Å²) in [6.45, 7) is 3.21. The number of hydrogen-bond donors (Lipinski definition) is 0. The van der Waals surface area contributed by atoms with E-state index in [-0.39, 0.29) is 29.9 Å². The van der Waals surface area contributed by atoms with E-state index < -0.39 is 23.3 Å². The highest BCUT2D eigenvalue weighted by Crippen LogP contribution is 2.22. The minimum Gasteiger partial charge on any atom is -0.465 e. The quantitative estimate of drug-likeness (QED) is 0.592. The Labute approximate surface area is 144 Å². The van der Waals surface area contributed by atoms with Gasteiger partial charge in [-0.25, -0.2) is 4.79 Å². The Balaban J connectivity index is 2.50.